The van der Waals surface area contributed by atoms with Crippen LogP contribution in [0.25, 0.3) is 0 Å². The molecular weight excluding hydrogens is 220 g/mol. The van der Waals surface area contributed by atoms with Gasteiger partial charge in [0.15, 0.2) is 0 Å². The van der Waals surface area contributed by atoms with E-state index in [4.69, 9.17) is 0 Å². The van der Waals surface area contributed by atoms with Gasteiger partial charge in [0.05, 0.1) is 0 Å². The quantitative estimate of drug-likeness (QED) is 0.434. The van der Waals surface area contributed by atoms with Crippen LogP contribution in [-0.2, 0) is 0 Å². The lowest BCUT2D eigenvalue weighted by Crippen LogP contribution is -1.86. The zero-order chi connectivity index (χ0) is 11.1. The molecule has 0 bridgehead atoms. The molecule has 0 radical (unpaired) electrons. The van der Waals surface area contributed by atoms with E-state index in [0.29, 0.717) is 0 Å². The van der Waals surface area contributed by atoms with Crippen molar-refractivity contribution in [1.29, 1.82) is 0 Å². The maximum atomic E-state index is 4.22. The first-order valence-corrected chi connectivity index (χ1v) is 7.17. The summed E-state index contributed by atoms with van der Waals surface area (Å²) < 4.78 is 0. The summed E-state index contributed by atoms with van der Waals surface area (Å²) in [6.07, 6.45) is 3.86. The van der Waals surface area contributed by atoms with Gasteiger partial charge in [-0.05, 0) is 49.8 Å². The van der Waals surface area contributed by atoms with Gasteiger partial charge in [0, 0.05) is 4.90 Å². The fourth-order valence-electron chi connectivity index (χ4n) is 1.44. The van der Waals surface area contributed by atoms with Gasteiger partial charge in [-0.1, -0.05) is 24.1 Å². The van der Waals surface area contributed by atoms with E-state index >= 15 is 0 Å². The highest BCUT2D eigenvalue weighted by molar-refractivity contribution is 7.99. The predicted molar refractivity (Wildman–Crippen MR) is 74.3 cm³/mol. The minimum absolute atomic E-state index is 1.02. The molecule has 0 atom stereocenters. The van der Waals surface area contributed by atoms with Crippen molar-refractivity contribution in [3.05, 3.63) is 29.3 Å². The van der Waals surface area contributed by atoms with E-state index in [2.05, 4.69) is 44.7 Å². The van der Waals surface area contributed by atoms with Crippen LogP contribution in [0.15, 0.2) is 23.1 Å². The van der Waals surface area contributed by atoms with Crippen LogP contribution in [0.2, 0.25) is 0 Å². The third kappa shape index (κ3) is 4.98. The lowest BCUT2D eigenvalue weighted by molar-refractivity contribution is 0.787. The first-order valence-electron chi connectivity index (χ1n) is 5.55. The Bertz CT molecular complexity index is 295. The minimum atomic E-state index is 1.02. The smallest absolute Gasteiger partial charge is 0.0104 e. The van der Waals surface area contributed by atoms with Crippen molar-refractivity contribution < 1.29 is 0 Å². The van der Waals surface area contributed by atoms with E-state index in [9.17, 15) is 0 Å². The van der Waals surface area contributed by atoms with E-state index in [-0.39, 0.29) is 0 Å². The van der Waals surface area contributed by atoms with E-state index in [0.717, 1.165) is 5.75 Å². The van der Waals surface area contributed by atoms with Crippen LogP contribution in [0.1, 0.15) is 30.4 Å². The molecule has 0 nitrogen and oxygen atoms in total. The summed E-state index contributed by atoms with van der Waals surface area (Å²) in [7, 11) is 0. The summed E-state index contributed by atoms with van der Waals surface area (Å²) in [5, 5.41) is 0. The van der Waals surface area contributed by atoms with Gasteiger partial charge in [-0.3, -0.25) is 0 Å². The standard InChI is InChI=1S/C13H20S2/c1-11-6-7-12(2)13(10-11)15-9-5-3-4-8-14/h6-7,10,14H,3-5,8-9H2,1-2H3. The number of hydrogen-bond donors (Lipinski definition) is 1. The summed E-state index contributed by atoms with van der Waals surface area (Å²) >= 11 is 6.20. The molecule has 0 aromatic heterocycles. The van der Waals surface area contributed by atoms with Crippen molar-refractivity contribution in [2.75, 3.05) is 11.5 Å². The van der Waals surface area contributed by atoms with Gasteiger partial charge in [0.2, 0.25) is 0 Å². The molecule has 0 heterocycles. The van der Waals surface area contributed by atoms with Crippen LogP contribution >= 0.6 is 24.4 Å². The Kier molecular flexibility index (Phi) is 6.26. The Balaban J connectivity index is 2.33. The highest BCUT2D eigenvalue weighted by Gasteiger charge is 1.99. The predicted octanol–water partition coefficient (Wildman–Crippen LogP) is 4.50. The lowest BCUT2D eigenvalue weighted by atomic mass is 10.2. The van der Waals surface area contributed by atoms with Gasteiger partial charge >= 0.3 is 0 Å². The van der Waals surface area contributed by atoms with Crippen molar-refractivity contribution in [3.63, 3.8) is 0 Å². The Morgan fingerprint density at radius 3 is 2.67 bits per heavy atom. The molecule has 0 saturated heterocycles. The van der Waals surface area contributed by atoms with Gasteiger partial charge < -0.3 is 0 Å². The highest BCUT2D eigenvalue weighted by Crippen LogP contribution is 2.24. The second-order valence-corrected chi connectivity index (χ2v) is 5.49. The Morgan fingerprint density at radius 2 is 1.93 bits per heavy atom. The molecule has 1 rings (SSSR count). The van der Waals surface area contributed by atoms with Gasteiger partial charge in [-0.25, -0.2) is 0 Å². The number of aryl methyl sites for hydroxylation is 2. The molecular formula is C13H20S2. The summed E-state index contributed by atoms with van der Waals surface area (Å²) in [5.74, 6) is 2.26. The molecule has 15 heavy (non-hydrogen) atoms. The summed E-state index contributed by atoms with van der Waals surface area (Å²) in [5.41, 5.74) is 2.76. The van der Waals surface area contributed by atoms with Gasteiger partial charge in [-0.2, -0.15) is 12.6 Å². The molecule has 0 N–H and O–H groups in total. The zero-order valence-electron chi connectivity index (χ0n) is 9.62. The molecule has 0 amide bonds. The normalized spacial score (nSPS) is 10.6. The van der Waals surface area contributed by atoms with Crippen molar-refractivity contribution >= 4 is 24.4 Å². The molecule has 1 aromatic carbocycles. The lowest BCUT2D eigenvalue weighted by Gasteiger charge is -2.06. The van der Waals surface area contributed by atoms with E-state index in [1.54, 1.807) is 0 Å². The zero-order valence-corrected chi connectivity index (χ0v) is 11.3. The van der Waals surface area contributed by atoms with Crippen LogP contribution in [-0.4, -0.2) is 11.5 Å². The van der Waals surface area contributed by atoms with E-state index in [1.807, 2.05) is 11.8 Å². The first kappa shape index (κ1) is 13.0. The third-order valence-electron chi connectivity index (χ3n) is 2.40. The van der Waals surface area contributed by atoms with Crippen molar-refractivity contribution in [3.8, 4) is 0 Å². The number of thioether (sulfide) groups is 1. The summed E-state index contributed by atoms with van der Waals surface area (Å²) in [4.78, 5) is 1.45. The molecule has 1 aromatic rings. The SMILES string of the molecule is Cc1ccc(C)c(SCCCCCS)c1. The third-order valence-corrected chi connectivity index (χ3v) is 3.96. The topological polar surface area (TPSA) is 0 Å². The molecule has 0 fully saturated rings. The van der Waals surface area contributed by atoms with Crippen LogP contribution < -0.4 is 0 Å². The highest BCUT2D eigenvalue weighted by atomic mass is 32.2. The molecule has 0 unspecified atom stereocenters. The summed E-state index contributed by atoms with van der Waals surface area (Å²) in [6, 6.07) is 6.68. The first-order chi connectivity index (χ1) is 7.24. The molecule has 2 heteroatoms. The Morgan fingerprint density at radius 1 is 1.13 bits per heavy atom. The Hall–Kier alpha value is -0.0800. The average molecular weight is 240 g/mol. The van der Waals surface area contributed by atoms with Crippen molar-refractivity contribution in [2.45, 2.75) is 38.0 Å². The number of rotatable bonds is 6. The minimum Gasteiger partial charge on any atom is -0.179 e. The van der Waals surface area contributed by atoms with Gasteiger partial charge in [0.25, 0.3) is 0 Å². The van der Waals surface area contributed by atoms with Crippen LogP contribution in [0.5, 0.6) is 0 Å². The Labute approximate surface area is 103 Å². The van der Waals surface area contributed by atoms with Gasteiger partial charge in [0.1, 0.15) is 0 Å². The second-order valence-electron chi connectivity index (χ2n) is 3.90. The summed E-state index contributed by atoms with van der Waals surface area (Å²) in [6.45, 7) is 4.35. The fourth-order valence-corrected chi connectivity index (χ4v) is 2.79. The number of unbranched alkanes of at least 4 members (excludes halogenated alkanes) is 2. The van der Waals surface area contributed by atoms with Crippen LogP contribution in [0.4, 0.5) is 0 Å². The van der Waals surface area contributed by atoms with E-state index in [1.165, 1.54) is 41.0 Å². The molecule has 0 aliphatic heterocycles. The van der Waals surface area contributed by atoms with Crippen molar-refractivity contribution in [2.24, 2.45) is 0 Å². The second kappa shape index (κ2) is 7.24. The van der Waals surface area contributed by atoms with Gasteiger partial charge in [-0.15, -0.1) is 11.8 Å². The molecule has 0 aliphatic carbocycles. The molecule has 0 aliphatic rings. The maximum Gasteiger partial charge on any atom is 0.0104 e. The van der Waals surface area contributed by atoms with Crippen LogP contribution in [0, 0.1) is 13.8 Å². The monoisotopic (exact) mass is 240 g/mol. The molecule has 0 saturated carbocycles. The molecule has 0 spiro atoms. The van der Waals surface area contributed by atoms with Crippen LogP contribution in [0.3, 0.4) is 0 Å². The largest absolute Gasteiger partial charge is 0.179 e. The number of hydrogen-bond acceptors (Lipinski definition) is 2. The fraction of sp³-hybridized carbons (Fsp3) is 0.538. The average Bonchev–Trinajstić information content (AvgIpc) is 2.23. The van der Waals surface area contributed by atoms with E-state index < -0.39 is 0 Å². The number of thiol groups is 1. The van der Waals surface area contributed by atoms with Crippen molar-refractivity contribution in [1.82, 2.24) is 0 Å². The maximum absolute atomic E-state index is 4.22. The molecule has 84 valence electrons. The number of benzene rings is 1.